The summed E-state index contributed by atoms with van der Waals surface area (Å²) in [4.78, 5) is 35.5. The van der Waals surface area contributed by atoms with Gasteiger partial charge in [-0.3, -0.25) is 13.8 Å². The fraction of sp³-hybridized carbons (Fsp3) is 0.860. The second-order valence-corrected chi connectivity index (χ2v) is 17.0. The molecule has 0 spiro atoms. The summed E-state index contributed by atoms with van der Waals surface area (Å²) < 4.78 is 33.3. The number of phosphoric acid groups is 1. The van der Waals surface area contributed by atoms with Crippen LogP contribution in [0.3, 0.4) is 0 Å². The van der Waals surface area contributed by atoms with Crippen molar-refractivity contribution in [2.45, 2.75) is 224 Å². The standard InChI is InChI=1S/C43H79O13P/c1-3-5-7-9-11-13-15-17-18-20-21-23-25-27-29-31-36(44)53-33-35(34-54-57(51,52)56-43-41(49)39(47)38(46)40(48)42(43)50)55-37(45)32-30-28-26-24-22-19-16-14-12-10-8-6-4-2/h25,27,29,31,35,38-43,46-50H,3-24,26,28,30,32-34H2,1-2H3,(H,51,52)/b27-25+,31-29+/t35-,38?,39-,40?,41?,42?,43?/m0/s1. The molecule has 14 heteroatoms. The van der Waals surface area contributed by atoms with Crippen LogP contribution < -0.4 is 0 Å². The molecule has 0 heterocycles. The Hall–Kier alpha value is -1.67. The normalized spacial score (nSPS) is 22.9. The van der Waals surface area contributed by atoms with Gasteiger partial charge in [-0.1, -0.05) is 173 Å². The van der Waals surface area contributed by atoms with Crippen LogP contribution in [0.2, 0.25) is 0 Å². The average Bonchev–Trinajstić information content (AvgIpc) is 3.19. The van der Waals surface area contributed by atoms with Crippen LogP contribution >= 0.6 is 7.82 Å². The number of aliphatic hydroxyl groups excluding tert-OH is 5. The second kappa shape index (κ2) is 34.1. The van der Waals surface area contributed by atoms with Crippen molar-refractivity contribution in [2.24, 2.45) is 0 Å². The van der Waals surface area contributed by atoms with Gasteiger partial charge in [0, 0.05) is 12.5 Å². The minimum atomic E-state index is -5.13. The lowest BCUT2D eigenvalue weighted by atomic mass is 9.85. The highest BCUT2D eigenvalue weighted by Crippen LogP contribution is 2.47. The predicted molar refractivity (Wildman–Crippen MR) is 221 cm³/mol. The third-order valence-electron chi connectivity index (χ3n) is 10.4. The van der Waals surface area contributed by atoms with E-state index in [-0.39, 0.29) is 6.42 Å². The number of esters is 2. The van der Waals surface area contributed by atoms with E-state index < -0.39 is 75.7 Å². The second-order valence-electron chi connectivity index (χ2n) is 15.6. The Kier molecular flexibility index (Phi) is 31.9. The molecule has 1 saturated carbocycles. The molecule has 1 aliphatic rings. The molecule has 1 fully saturated rings. The Morgan fingerprint density at radius 3 is 1.47 bits per heavy atom. The van der Waals surface area contributed by atoms with E-state index in [1.807, 2.05) is 6.08 Å². The molecule has 0 amide bonds. The molecule has 1 rings (SSSR count). The fourth-order valence-electron chi connectivity index (χ4n) is 6.79. The van der Waals surface area contributed by atoms with E-state index >= 15 is 0 Å². The third-order valence-corrected chi connectivity index (χ3v) is 11.4. The number of hydrogen-bond acceptors (Lipinski definition) is 12. The molecular formula is C43H79O13P. The maximum absolute atomic E-state index is 12.8. The Bertz CT molecular complexity index is 1100. The van der Waals surface area contributed by atoms with Crippen molar-refractivity contribution in [3.05, 3.63) is 24.3 Å². The number of unbranched alkanes of at least 4 members (excludes halogenated alkanes) is 23. The van der Waals surface area contributed by atoms with Crippen LogP contribution in [0.4, 0.5) is 0 Å². The van der Waals surface area contributed by atoms with Gasteiger partial charge in [-0.25, -0.2) is 9.36 Å². The number of hydrogen-bond donors (Lipinski definition) is 6. The van der Waals surface area contributed by atoms with E-state index in [1.165, 1.54) is 115 Å². The number of carbonyl (C=O) groups is 2. The van der Waals surface area contributed by atoms with E-state index in [2.05, 4.69) is 13.8 Å². The number of aliphatic hydroxyl groups is 5. The molecule has 1 aliphatic carbocycles. The number of rotatable bonds is 36. The fourth-order valence-corrected chi connectivity index (χ4v) is 7.76. The van der Waals surface area contributed by atoms with E-state index in [0.717, 1.165) is 44.9 Å². The van der Waals surface area contributed by atoms with Gasteiger partial charge in [-0.2, -0.15) is 0 Å². The SMILES string of the molecule is CCCCCCCCCCCCC/C=C/C=C/C(=O)OC[C@@H](COP(=O)(O)OC1C(O)C(O)C(O)[C@H](O)C1O)OC(=O)CCCCCCCCCCCCCCC. The summed E-state index contributed by atoms with van der Waals surface area (Å²) in [6.45, 7) is 3.18. The first-order valence-corrected chi connectivity index (χ1v) is 23.7. The van der Waals surface area contributed by atoms with Gasteiger partial charge in [0.15, 0.2) is 6.10 Å². The Balaban J connectivity index is 2.53. The van der Waals surface area contributed by atoms with Gasteiger partial charge < -0.3 is 39.9 Å². The molecule has 6 N–H and O–H groups in total. The lowest BCUT2D eigenvalue weighted by molar-refractivity contribution is -0.220. The highest BCUT2D eigenvalue weighted by molar-refractivity contribution is 7.47. The predicted octanol–water partition coefficient (Wildman–Crippen LogP) is 8.06. The van der Waals surface area contributed by atoms with Crippen molar-refractivity contribution in [1.82, 2.24) is 0 Å². The van der Waals surface area contributed by atoms with E-state index in [0.29, 0.717) is 6.42 Å². The molecule has 334 valence electrons. The molecule has 0 radical (unpaired) electrons. The zero-order chi connectivity index (χ0) is 42.2. The van der Waals surface area contributed by atoms with Gasteiger partial charge in [0.05, 0.1) is 6.61 Å². The van der Waals surface area contributed by atoms with Crippen molar-refractivity contribution < 1.29 is 63.1 Å². The highest BCUT2D eigenvalue weighted by Gasteiger charge is 2.51. The minimum Gasteiger partial charge on any atom is -0.458 e. The molecule has 6 unspecified atom stereocenters. The van der Waals surface area contributed by atoms with Crippen LogP contribution in [0, 0.1) is 0 Å². The molecule has 0 aromatic heterocycles. The third kappa shape index (κ3) is 26.9. The van der Waals surface area contributed by atoms with Crippen LogP contribution in [0.1, 0.15) is 181 Å². The van der Waals surface area contributed by atoms with Crippen molar-refractivity contribution in [1.29, 1.82) is 0 Å². The number of phosphoric ester groups is 1. The first-order chi connectivity index (χ1) is 27.4. The zero-order valence-corrected chi connectivity index (χ0v) is 36.0. The van der Waals surface area contributed by atoms with Gasteiger partial charge >= 0.3 is 19.8 Å². The maximum Gasteiger partial charge on any atom is 0.472 e. The van der Waals surface area contributed by atoms with Crippen LogP contribution in [0.5, 0.6) is 0 Å². The Morgan fingerprint density at radius 1 is 0.579 bits per heavy atom. The molecule has 13 nitrogen and oxygen atoms in total. The summed E-state index contributed by atoms with van der Waals surface area (Å²) in [7, 11) is -5.13. The summed E-state index contributed by atoms with van der Waals surface area (Å²) >= 11 is 0. The van der Waals surface area contributed by atoms with Gasteiger partial charge in [0.2, 0.25) is 0 Å². The number of carbonyl (C=O) groups excluding carboxylic acids is 2. The minimum absolute atomic E-state index is 0.0812. The van der Waals surface area contributed by atoms with Crippen LogP contribution in [-0.4, -0.2) is 98.3 Å². The highest BCUT2D eigenvalue weighted by atomic mass is 31.2. The smallest absolute Gasteiger partial charge is 0.458 e. The zero-order valence-electron chi connectivity index (χ0n) is 35.1. The Labute approximate surface area is 343 Å². The molecular weight excluding hydrogens is 755 g/mol. The Morgan fingerprint density at radius 2 is 1.00 bits per heavy atom. The topological polar surface area (TPSA) is 210 Å². The first-order valence-electron chi connectivity index (χ1n) is 22.2. The summed E-state index contributed by atoms with van der Waals surface area (Å²) in [5.74, 6) is -1.35. The van der Waals surface area contributed by atoms with Crippen molar-refractivity contribution in [3.8, 4) is 0 Å². The van der Waals surface area contributed by atoms with Gasteiger partial charge in [-0.05, 0) is 19.3 Å². The molecule has 8 atom stereocenters. The molecule has 57 heavy (non-hydrogen) atoms. The van der Waals surface area contributed by atoms with Crippen LogP contribution in [0.15, 0.2) is 24.3 Å². The van der Waals surface area contributed by atoms with Gasteiger partial charge in [-0.15, -0.1) is 0 Å². The largest absolute Gasteiger partial charge is 0.472 e. The van der Waals surface area contributed by atoms with E-state index in [9.17, 15) is 44.6 Å². The summed E-state index contributed by atoms with van der Waals surface area (Å²) in [5.41, 5.74) is 0. The quantitative estimate of drug-likeness (QED) is 0.0116. The monoisotopic (exact) mass is 835 g/mol. The average molecular weight is 835 g/mol. The van der Waals surface area contributed by atoms with Crippen LogP contribution in [-0.2, 0) is 32.7 Å². The maximum atomic E-state index is 12.8. The molecule has 0 aliphatic heterocycles. The summed E-state index contributed by atoms with van der Waals surface area (Å²) in [5, 5.41) is 50.0. The van der Waals surface area contributed by atoms with Gasteiger partial charge in [0.1, 0.15) is 43.2 Å². The molecule has 0 bridgehead atoms. The lowest BCUT2D eigenvalue weighted by Gasteiger charge is -2.41. The van der Waals surface area contributed by atoms with Gasteiger partial charge in [0.25, 0.3) is 0 Å². The lowest BCUT2D eigenvalue weighted by Crippen LogP contribution is -2.64. The van der Waals surface area contributed by atoms with E-state index in [1.54, 1.807) is 12.2 Å². The molecule has 0 saturated heterocycles. The van der Waals surface area contributed by atoms with Crippen molar-refractivity contribution in [3.63, 3.8) is 0 Å². The summed E-state index contributed by atoms with van der Waals surface area (Å²) in [6, 6.07) is 0. The number of ether oxygens (including phenoxy) is 2. The molecule has 0 aromatic rings. The molecule has 0 aromatic carbocycles. The van der Waals surface area contributed by atoms with Crippen LogP contribution in [0.25, 0.3) is 0 Å². The summed E-state index contributed by atoms with van der Waals surface area (Å²) in [6.07, 6.45) is 23.0. The first kappa shape index (κ1) is 53.3. The number of allylic oxidation sites excluding steroid dienone is 3. The van der Waals surface area contributed by atoms with Crippen molar-refractivity contribution in [2.75, 3.05) is 13.2 Å². The van der Waals surface area contributed by atoms with E-state index in [4.69, 9.17) is 18.5 Å². The van der Waals surface area contributed by atoms with Crippen molar-refractivity contribution >= 4 is 19.8 Å².